The number of nitrogens with one attached hydrogen (secondary N) is 2. The zero-order chi connectivity index (χ0) is 22.3. The van der Waals surface area contributed by atoms with Crippen LogP contribution < -0.4 is 10.6 Å². The molecule has 0 bridgehead atoms. The molecule has 0 aromatic heterocycles. The maximum Gasteiger partial charge on any atom is 0.410 e. The summed E-state index contributed by atoms with van der Waals surface area (Å²) in [6, 6.07) is 0.353. The molecule has 1 aliphatic carbocycles. The van der Waals surface area contributed by atoms with Crippen LogP contribution in [0.15, 0.2) is 4.99 Å². The molecule has 30 heavy (non-hydrogen) atoms. The molecule has 0 atom stereocenters. The molecule has 0 spiro atoms. The number of piperidine rings is 1. The van der Waals surface area contributed by atoms with Crippen LogP contribution in [0.2, 0.25) is 0 Å². The SMILES string of the molecule is CN=C(NCCC(=O)NC(C)C)N1CCC(N(CC2CC2)C(=O)OC(C)(C)C)CC1. The van der Waals surface area contributed by atoms with Crippen LogP contribution in [0.1, 0.15) is 66.7 Å². The Kier molecular flexibility index (Phi) is 8.79. The highest BCUT2D eigenvalue weighted by Gasteiger charge is 2.35. The summed E-state index contributed by atoms with van der Waals surface area (Å²) in [5.41, 5.74) is -0.479. The van der Waals surface area contributed by atoms with Gasteiger partial charge >= 0.3 is 6.09 Å². The standard InChI is InChI=1S/C22H41N5O3/c1-16(2)25-19(28)9-12-24-20(23-6)26-13-10-18(11-14-26)27(15-17-7-8-17)21(29)30-22(3,4)5/h16-18H,7-15H2,1-6H3,(H,23,24)(H,25,28). The Morgan fingerprint density at radius 1 is 1.17 bits per heavy atom. The minimum absolute atomic E-state index is 0.0414. The van der Waals surface area contributed by atoms with Crippen LogP contribution in [0.4, 0.5) is 4.79 Å². The predicted octanol–water partition coefficient (Wildman–Crippen LogP) is 2.59. The van der Waals surface area contributed by atoms with Crippen molar-refractivity contribution in [3.05, 3.63) is 0 Å². The first-order valence-electron chi connectivity index (χ1n) is 11.3. The van der Waals surface area contributed by atoms with Crippen LogP contribution in [0.25, 0.3) is 0 Å². The highest BCUT2D eigenvalue weighted by atomic mass is 16.6. The van der Waals surface area contributed by atoms with E-state index in [4.69, 9.17) is 4.74 Å². The van der Waals surface area contributed by atoms with Gasteiger partial charge in [-0.25, -0.2) is 4.79 Å². The average Bonchev–Trinajstić information content (AvgIpc) is 3.46. The summed E-state index contributed by atoms with van der Waals surface area (Å²) in [6.45, 7) is 12.7. The third kappa shape index (κ3) is 8.40. The van der Waals surface area contributed by atoms with Gasteiger partial charge in [-0.1, -0.05) is 0 Å². The van der Waals surface area contributed by atoms with E-state index in [0.29, 0.717) is 18.9 Å². The van der Waals surface area contributed by atoms with E-state index < -0.39 is 5.60 Å². The summed E-state index contributed by atoms with van der Waals surface area (Å²) >= 11 is 0. The van der Waals surface area contributed by atoms with Crippen molar-refractivity contribution in [2.45, 2.75) is 84.4 Å². The normalized spacial score (nSPS) is 18.4. The summed E-state index contributed by atoms with van der Waals surface area (Å²) < 4.78 is 5.68. The monoisotopic (exact) mass is 423 g/mol. The minimum Gasteiger partial charge on any atom is -0.444 e. The van der Waals surface area contributed by atoms with E-state index in [2.05, 4.69) is 20.5 Å². The Hall–Kier alpha value is -1.99. The van der Waals surface area contributed by atoms with Crippen molar-refractivity contribution in [3.8, 4) is 0 Å². The maximum absolute atomic E-state index is 12.8. The minimum atomic E-state index is -0.479. The van der Waals surface area contributed by atoms with Crippen LogP contribution in [-0.4, -0.2) is 78.7 Å². The van der Waals surface area contributed by atoms with Crippen molar-refractivity contribution in [1.82, 2.24) is 20.4 Å². The summed E-state index contributed by atoms with van der Waals surface area (Å²) in [4.78, 5) is 33.2. The fourth-order valence-electron chi connectivity index (χ4n) is 3.68. The number of likely N-dealkylation sites (tertiary alicyclic amines) is 1. The fourth-order valence-corrected chi connectivity index (χ4v) is 3.68. The second-order valence-electron chi connectivity index (χ2n) is 9.74. The van der Waals surface area contributed by atoms with Gasteiger partial charge in [-0.05, 0) is 66.2 Å². The molecular weight excluding hydrogens is 382 g/mol. The molecule has 0 unspecified atom stereocenters. The number of carbonyl (C=O) groups excluding carboxylic acids is 2. The van der Waals surface area contributed by atoms with Crippen LogP contribution >= 0.6 is 0 Å². The summed E-state index contributed by atoms with van der Waals surface area (Å²) in [5.74, 6) is 1.48. The van der Waals surface area contributed by atoms with Gasteiger partial charge in [0.2, 0.25) is 5.91 Å². The largest absolute Gasteiger partial charge is 0.444 e. The Balaban J connectivity index is 1.84. The second-order valence-corrected chi connectivity index (χ2v) is 9.74. The molecule has 8 nitrogen and oxygen atoms in total. The van der Waals surface area contributed by atoms with Crippen molar-refractivity contribution < 1.29 is 14.3 Å². The first kappa shape index (κ1) is 24.3. The van der Waals surface area contributed by atoms with Crippen LogP contribution in [0.5, 0.6) is 0 Å². The lowest BCUT2D eigenvalue weighted by Crippen LogP contribution is -2.52. The van der Waals surface area contributed by atoms with Gasteiger partial charge in [-0.15, -0.1) is 0 Å². The molecule has 1 saturated heterocycles. The molecule has 1 heterocycles. The molecule has 1 aliphatic heterocycles. The second kappa shape index (κ2) is 10.9. The van der Waals surface area contributed by atoms with E-state index in [1.807, 2.05) is 39.5 Å². The third-order valence-electron chi connectivity index (χ3n) is 5.28. The molecule has 2 N–H and O–H groups in total. The van der Waals surface area contributed by atoms with Crippen molar-refractivity contribution >= 4 is 18.0 Å². The highest BCUT2D eigenvalue weighted by Crippen LogP contribution is 2.32. The van der Waals surface area contributed by atoms with Gasteiger partial charge in [0, 0.05) is 51.7 Å². The third-order valence-corrected chi connectivity index (χ3v) is 5.28. The molecular formula is C22H41N5O3. The molecule has 0 radical (unpaired) electrons. The zero-order valence-corrected chi connectivity index (χ0v) is 19.7. The molecule has 2 fully saturated rings. The summed E-state index contributed by atoms with van der Waals surface area (Å²) in [6.07, 6.45) is 4.42. The van der Waals surface area contributed by atoms with Gasteiger partial charge in [0.1, 0.15) is 5.60 Å². The van der Waals surface area contributed by atoms with Gasteiger partial charge in [0.15, 0.2) is 5.96 Å². The number of ether oxygens (including phenoxy) is 1. The van der Waals surface area contributed by atoms with Gasteiger partial charge < -0.3 is 25.2 Å². The first-order valence-corrected chi connectivity index (χ1v) is 11.3. The molecule has 2 rings (SSSR count). The van der Waals surface area contributed by atoms with Gasteiger partial charge in [-0.2, -0.15) is 0 Å². The highest BCUT2D eigenvalue weighted by molar-refractivity contribution is 5.81. The number of nitrogens with zero attached hydrogens (tertiary/aromatic N) is 3. The number of guanidine groups is 1. The quantitative estimate of drug-likeness (QED) is 0.486. The van der Waals surface area contributed by atoms with Crippen LogP contribution in [-0.2, 0) is 9.53 Å². The molecule has 8 heteroatoms. The molecule has 0 aromatic rings. The van der Waals surface area contributed by atoms with Gasteiger partial charge in [0.25, 0.3) is 0 Å². The number of amides is 2. The molecule has 1 saturated carbocycles. The predicted molar refractivity (Wildman–Crippen MR) is 120 cm³/mol. The van der Waals surface area contributed by atoms with Crippen LogP contribution in [0, 0.1) is 5.92 Å². The lowest BCUT2D eigenvalue weighted by molar-refractivity contribution is -0.121. The zero-order valence-electron chi connectivity index (χ0n) is 19.7. The Morgan fingerprint density at radius 3 is 2.30 bits per heavy atom. The smallest absolute Gasteiger partial charge is 0.410 e. The topological polar surface area (TPSA) is 86.3 Å². The van der Waals surface area contributed by atoms with E-state index in [0.717, 1.165) is 38.4 Å². The van der Waals surface area contributed by atoms with Crippen molar-refractivity contribution in [2.75, 3.05) is 33.2 Å². The lowest BCUT2D eigenvalue weighted by Gasteiger charge is -2.40. The summed E-state index contributed by atoms with van der Waals surface area (Å²) in [5, 5.41) is 6.19. The number of hydrogen-bond acceptors (Lipinski definition) is 4. The number of aliphatic imine (C=N–C) groups is 1. The Labute approximate surface area is 181 Å². The number of carbonyl (C=O) groups is 2. The molecule has 0 aromatic carbocycles. The van der Waals surface area contributed by atoms with Gasteiger partial charge in [-0.3, -0.25) is 9.79 Å². The van der Waals surface area contributed by atoms with Crippen LogP contribution in [0.3, 0.4) is 0 Å². The Bertz CT molecular complexity index is 602. The molecule has 2 aliphatic rings. The van der Waals surface area contributed by atoms with Crippen molar-refractivity contribution in [1.29, 1.82) is 0 Å². The fraction of sp³-hybridized carbons (Fsp3) is 0.864. The van der Waals surface area contributed by atoms with E-state index in [-0.39, 0.29) is 24.1 Å². The van der Waals surface area contributed by atoms with Crippen molar-refractivity contribution in [3.63, 3.8) is 0 Å². The van der Waals surface area contributed by atoms with E-state index in [1.54, 1.807) is 7.05 Å². The number of hydrogen-bond donors (Lipinski definition) is 2. The molecule has 172 valence electrons. The van der Waals surface area contributed by atoms with Gasteiger partial charge in [0.05, 0.1) is 0 Å². The average molecular weight is 424 g/mol. The molecule has 2 amide bonds. The first-order chi connectivity index (χ1) is 14.1. The van der Waals surface area contributed by atoms with Crippen molar-refractivity contribution in [2.24, 2.45) is 10.9 Å². The van der Waals surface area contributed by atoms with E-state index >= 15 is 0 Å². The Morgan fingerprint density at radius 2 is 1.80 bits per heavy atom. The maximum atomic E-state index is 12.8. The lowest BCUT2D eigenvalue weighted by atomic mass is 10.0. The summed E-state index contributed by atoms with van der Waals surface area (Å²) in [7, 11) is 1.77. The van der Waals surface area contributed by atoms with E-state index in [1.165, 1.54) is 12.8 Å². The van der Waals surface area contributed by atoms with E-state index in [9.17, 15) is 9.59 Å². The number of rotatable bonds is 7.